The van der Waals surface area contributed by atoms with Crippen molar-refractivity contribution >= 4 is 24.6 Å². The van der Waals surface area contributed by atoms with E-state index in [4.69, 9.17) is 5.11 Å². The fourth-order valence-electron chi connectivity index (χ4n) is 1.97. The van der Waals surface area contributed by atoms with Crippen molar-refractivity contribution in [2.24, 2.45) is 4.99 Å². The van der Waals surface area contributed by atoms with Gasteiger partial charge in [0, 0.05) is 24.7 Å². The SMILES string of the molecule is C=NCCCNc1cncc(-c2cccc(/C=C/C(=O)O)c2)n1. The Kier molecular flexibility index (Phi) is 5.99. The predicted molar refractivity (Wildman–Crippen MR) is 91.7 cm³/mol. The maximum Gasteiger partial charge on any atom is 0.328 e. The smallest absolute Gasteiger partial charge is 0.328 e. The zero-order valence-corrected chi connectivity index (χ0v) is 12.6. The summed E-state index contributed by atoms with van der Waals surface area (Å²) in [5.41, 5.74) is 2.39. The van der Waals surface area contributed by atoms with Crippen LogP contribution in [0.25, 0.3) is 17.3 Å². The average molecular weight is 310 g/mol. The average Bonchev–Trinajstić information content (AvgIpc) is 2.57. The van der Waals surface area contributed by atoms with Gasteiger partial charge in [-0.2, -0.15) is 0 Å². The van der Waals surface area contributed by atoms with E-state index in [1.54, 1.807) is 18.5 Å². The first kappa shape index (κ1) is 16.4. The van der Waals surface area contributed by atoms with Gasteiger partial charge in [-0.15, -0.1) is 0 Å². The van der Waals surface area contributed by atoms with Gasteiger partial charge in [0.05, 0.1) is 18.1 Å². The Morgan fingerprint density at radius 2 is 2.26 bits per heavy atom. The lowest BCUT2D eigenvalue weighted by Gasteiger charge is -2.07. The van der Waals surface area contributed by atoms with Crippen LogP contribution in [0.15, 0.2) is 47.7 Å². The van der Waals surface area contributed by atoms with E-state index in [2.05, 4.69) is 27.0 Å². The summed E-state index contributed by atoms with van der Waals surface area (Å²) in [6, 6.07) is 7.47. The Morgan fingerprint density at radius 3 is 3.04 bits per heavy atom. The largest absolute Gasteiger partial charge is 0.478 e. The van der Waals surface area contributed by atoms with Crippen LogP contribution in [0, 0.1) is 0 Å². The molecule has 0 aliphatic rings. The van der Waals surface area contributed by atoms with Gasteiger partial charge >= 0.3 is 5.97 Å². The molecule has 2 N–H and O–H groups in total. The molecule has 0 aliphatic carbocycles. The predicted octanol–water partition coefficient (Wildman–Crippen LogP) is 2.74. The standard InChI is InChI=1S/C17H18N4O2/c1-18-8-3-9-20-16-12-19-11-15(21-16)14-5-2-4-13(10-14)6-7-17(22)23/h2,4-7,10-12H,1,3,8-9H2,(H,20,21)(H,22,23)/b7-6+. The lowest BCUT2D eigenvalue weighted by Crippen LogP contribution is -2.05. The molecular formula is C17H18N4O2. The molecule has 118 valence electrons. The molecule has 2 rings (SSSR count). The molecule has 0 unspecified atom stereocenters. The fraction of sp³-hybridized carbons (Fsp3) is 0.176. The number of aliphatic imine (C=N–C) groups is 1. The Bertz CT molecular complexity index is 713. The summed E-state index contributed by atoms with van der Waals surface area (Å²) in [7, 11) is 0. The van der Waals surface area contributed by atoms with Gasteiger partial charge in [0.15, 0.2) is 0 Å². The van der Waals surface area contributed by atoms with Crippen molar-refractivity contribution in [3.8, 4) is 11.3 Å². The van der Waals surface area contributed by atoms with Gasteiger partial charge in [0.2, 0.25) is 0 Å². The number of nitrogens with zero attached hydrogens (tertiary/aromatic N) is 3. The van der Waals surface area contributed by atoms with E-state index >= 15 is 0 Å². The maximum atomic E-state index is 10.6. The number of hydrogen-bond acceptors (Lipinski definition) is 5. The van der Waals surface area contributed by atoms with Crippen LogP contribution in [0.4, 0.5) is 5.82 Å². The second-order valence-corrected chi connectivity index (χ2v) is 4.81. The Labute approximate surface area is 134 Å². The first-order chi connectivity index (χ1) is 11.2. The van der Waals surface area contributed by atoms with Crippen molar-refractivity contribution in [2.45, 2.75) is 6.42 Å². The highest BCUT2D eigenvalue weighted by Crippen LogP contribution is 2.19. The van der Waals surface area contributed by atoms with E-state index in [0.717, 1.165) is 35.9 Å². The number of carboxylic acids is 1. The molecule has 2 aromatic rings. The van der Waals surface area contributed by atoms with Crippen molar-refractivity contribution in [2.75, 3.05) is 18.4 Å². The molecule has 1 aromatic carbocycles. The molecule has 6 heteroatoms. The molecule has 0 radical (unpaired) electrons. The van der Waals surface area contributed by atoms with E-state index in [1.807, 2.05) is 24.3 Å². The summed E-state index contributed by atoms with van der Waals surface area (Å²) in [6.07, 6.45) is 6.88. The van der Waals surface area contributed by atoms with Crippen molar-refractivity contribution in [3.05, 3.63) is 48.3 Å². The number of rotatable bonds is 8. The third-order valence-corrected chi connectivity index (χ3v) is 3.03. The van der Waals surface area contributed by atoms with Gasteiger partial charge in [-0.05, 0) is 30.8 Å². The van der Waals surface area contributed by atoms with E-state index < -0.39 is 5.97 Å². The highest BCUT2D eigenvalue weighted by Gasteiger charge is 2.03. The Morgan fingerprint density at radius 1 is 1.39 bits per heavy atom. The Balaban J connectivity index is 2.13. The first-order valence-electron chi connectivity index (χ1n) is 7.19. The van der Waals surface area contributed by atoms with E-state index in [9.17, 15) is 4.79 Å². The first-order valence-corrected chi connectivity index (χ1v) is 7.19. The molecule has 6 nitrogen and oxygen atoms in total. The molecule has 23 heavy (non-hydrogen) atoms. The molecule has 0 bridgehead atoms. The summed E-state index contributed by atoms with van der Waals surface area (Å²) < 4.78 is 0. The maximum absolute atomic E-state index is 10.6. The molecule has 1 heterocycles. The number of benzene rings is 1. The highest BCUT2D eigenvalue weighted by molar-refractivity contribution is 5.85. The third-order valence-electron chi connectivity index (χ3n) is 3.03. The monoisotopic (exact) mass is 310 g/mol. The van der Waals surface area contributed by atoms with Crippen LogP contribution in [-0.2, 0) is 4.79 Å². The summed E-state index contributed by atoms with van der Waals surface area (Å²) in [5.74, 6) is -0.284. The lowest BCUT2D eigenvalue weighted by molar-refractivity contribution is -0.131. The van der Waals surface area contributed by atoms with Gasteiger partial charge in [-0.1, -0.05) is 18.2 Å². The van der Waals surface area contributed by atoms with Gasteiger partial charge in [-0.25, -0.2) is 9.78 Å². The van der Waals surface area contributed by atoms with Crippen LogP contribution < -0.4 is 5.32 Å². The minimum Gasteiger partial charge on any atom is -0.478 e. The molecule has 0 aliphatic heterocycles. The second-order valence-electron chi connectivity index (χ2n) is 4.81. The molecule has 0 amide bonds. The van der Waals surface area contributed by atoms with Crippen molar-refractivity contribution in [1.82, 2.24) is 9.97 Å². The fourth-order valence-corrected chi connectivity index (χ4v) is 1.97. The number of anilines is 1. The molecule has 0 fully saturated rings. The highest BCUT2D eigenvalue weighted by atomic mass is 16.4. The summed E-state index contributed by atoms with van der Waals surface area (Å²) in [6.45, 7) is 4.90. The number of nitrogens with one attached hydrogen (secondary N) is 1. The van der Waals surface area contributed by atoms with Gasteiger partial charge in [0.25, 0.3) is 0 Å². The number of carboxylic acid groups (broad SMARTS) is 1. The number of aliphatic carboxylic acids is 1. The van der Waals surface area contributed by atoms with Gasteiger partial charge < -0.3 is 15.4 Å². The van der Waals surface area contributed by atoms with Gasteiger partial charge in [0.1, 0.15) is 5.82 Å². The third kappa shape index (κ3) is 5.35. The van der Waals surface area contributed by atoms with Gasteiger partial charge in [-0.3, -0.25) is 4.98 Å². The van der Waals surface area contributed by atoms with Crippen LogP contribution in [0.1, 0.15) is 12.0 Å². The van der Waals surface area contributed by atoms with E-state index in [1.165, 1.54) is 0 Å². The molecule has 0 saturated heterocycles. The van der Waals surface area contributed by atoms with Crippen LogP contribution in [-0.4, -0.2) is 40.9 Å². The van der Waals surface area contributed by atoms with Crippen molar-refractivity contribution < 1.29 is 9.90 Å². The van der Waals surface area contributed by atoms with Crippen LogP contribution in [0.3, 0.4) is 0 Å². The topological polar surface area (TPSA) is 87.5 Å². The summed E-state index contributed by atoms with van der Waals surface area (Å²) >= 11 is 0. The summed E-state index contributed by atoms with van der Waals surface area (Å²) in [5, 5.41) is 11.9. The zero-order chi connectivity index (χ0) is 16.5. The number of hydrogen-bond donors (Lipinski definition) is 2. The zero-order valence-electron chi connectivity index (χ0n) is 12.6. The lowest BCUT2D eigenvalue weighted by atomic mass is 10.1. The number of carbonyl (C=O) groups is 1. The van der Waals surface area contributed by atoms with Crippen LogP contribution in [0.5, 0.6) is 0 Å². The van der Waals surface area contributed by atoms with Crippen LogP contribution >= 0.6 is 0 Å². The molecule has 0 atom stereocenters. The quantitative estimate of drug-likeness (QED) is 0.445. The van der Waals surface area contributed by atoms with Crippen LogP contribution in [0.2, 0.25) is 0 Å². The van der Waals surface area contributed by atoms with Crippen molar-refractivity contribution in [1.29, 1.82) is 0 Å². The number of aromatic nitrogens is 2. The van der Waals surface area contributed by atoms with E-state index in [0.29, 0.717) is 12.4 Å². The molecule has 1 aromatic heterocycles. The minimum atomic E-state index is -0.976. The summed E-state index contributed by atoms with van der Waals surface area (Å²) in [4.78, 5) is 23.1. The minimum absolute atomic E-state index is 0.693. The van der Waals surface area contributed by atoms with E-state index in [-0.39, 0.29) is 0 Å². The second kappa shape index (κ2) is 8.43. The van der Waals surface area contributed by atoms with Crippen molar-refractivity contribution in [3.63, 3.8) is 0 Å². The Hall–Kier alpha value is -3.02. The molecule has 0 spiro atoms. The molecule has 0 saturated carbocycles. The normalized spacial score (nSPS) is 10.6. The molecular weight excluding hydrogens is 292 g/mol.